The number of benzene rings is 2. The van der Waals surface area contributed by atoms with Crippen LogP contribution < -0.4 is 9.47 Å². The van der Waals surface area contributed by atoms with Crippen molar-refractivity contribution in [3.63, 3.8) is 0 Å². The number of ketones is 2. The van der Waals surface area contributed by atoms with Gasteiger partial charge >= 0.3 is 0 Å². The van der Waals surface area contributed by atoms with E-state index in [0.717, 1.165) is 0 Å². The van der Waals surface area contributed by atoms with Crippen LogP contribution in [-0.4, -0.2) is 28.9 Å². The lowest BCUT2D eigenvalue weighted by atomic mass is 10.1. The molecule has 148 valence electrons. The normalized spacial score (nSPS) is 10.8. The first kappa shape index (κ1) is 21.5. The summed E-state index contributed by atoms with van der Waals surface area (Å²) in [5.41, 5.74) is 1.67. The van der Waals surface area contributed by atoms with Crippen molar-refractivity contribution in [1.82, 2.24) is 0 Å². The largest absolute Gasteiger partial charge is 0.508 e. The van der Waals surface area contributed by atoms with E-state index in [1.54, 1.807) is 36.4 Å². The Balaban J connectivity index is 1.98. The highest BCUT2D eigenvalue weighted by molar-refractivity contribution is 6.10. The molecule has 6 nitrogen and oxygen atoms in total. The quantitative estimate of drug-likeness (QED) is 0.387. The van der Waals surface area contributed by atoms with Gasteiger partial charge in [-0.3, -0.25) is 9.59 Å². The van der Waals surface area contributed by atoms with Crippen LogP contribution in [0.5, 0.6) is 17.2 Å². The minimum absolute atomic E-state index is 0.0215. The monoisotopic (exact) mass is 392 g/mol. The molecule has 2 rings (SSSR count). The zero-order valence-corrected chi connectivity index (χ0v) is 15.8. The van der Waals surface area contributed by atoms with Crippen molar-refractivity contribution < 1.29 is 29.3 Å². The number of terminal acetylenes is 1. The second kappa shape index (κ2) is 10.5. The van der Waals surface area contributed by atoms with Crippen LogP contribution in [0, 0.1) is 12.5 Å². The molecule has 0 fully saturated rings. The van der Waals surface area contributed by atoms with Crippen LogP contribution in [0.4, 0.5) is 0 Å². The van der Waals surface area contributed by atoms with Crippen LogP contribution in [0.25, 0.3) is 12.2 Å². The van der Waals surface area contributed by atoms with E-state index in [-0.39, 0.29) is 30.3 Å². The maximum absolute atomic E-state index is 12.0. The minimum Gasteiger partial charge on any atom is -0.508 e. The summed E-state index contributed by atoms with van der Waals surface area (Å²) in [7, 11) is 1.47. The topological polar surface area (TPSA) is 93.1 Å². The number of allylic oxidation sites excluding steroid dienone is 2. The number of hydrogen-bond acceptors (Lipinski definition) is 6. The van der Waals surface area contributed by atoms with Crippen molar-refractivity contribution in [3.05, 3.63) is 65.2 Å². The van der Waals surface area contributed by atoms with Crippen LogP contribution in [0.1, 0.15) is 23.1 Å². The number of aliphatic hydroxyl groups is 1. The molecule has 0 aromatic heterocycles. The van der Waals surface area contributed by atoms with E-state index >= 15 is 0 Å². The van der Waals surface area contributed by atoms with E-state index in [0.29, 0.717) is 28.2 Å². The molecular formula is C23H20O6. The molecule has 0 atom stereocenters. The van der Waals surface area contributed by atoms with Gasteiger partial charge in [0.05, 0.1) is 20.1 Å². The third-order valence-corrected chi connectivity index (χ3v) is 3.90. The number of rotatable bonds is 9. The molecular weight excluding hydrogens is 372 g/mol. The zero-order chi connectivity index (χ0) is 21.2. The standard InChI is InChI=1S/C23H20O6/c1-3-29-22-11-7-17(13-23(22)28-2)5-9-20(26)14-19(25)8-4-16-6-10-21(27)18(12-16)15-24/h1,4-13,24,27H,14-15H2,2H3. The molecule has 2 N–H and O–H groups in total. The van der Waals surface area contributed by atoms with E-state index in [1.165, 1.54) is 31.4 Å². The fourth-order valence-corrected chi connectivity index (χ4v) is 2.44. The third kappa shape index (κ3) is 6.38. The summed E-state index contributed by atoms with van der Waals surface area (Å²) >= 11 is 0. The molecule has 0 unspecified atom stereocenters. The first-order chi connectivity index (χ1) is 14.0. The fraction of sp³-hybridized carbons (Fsp3) is 0.130. The lowest BCUT2D eigenvalue weighted by Crippen LogP contribution is -2.02. The highest BCUT2D eigenvalue weighted by atomic mass is 16.5. The Morgan fingerprint density at radius 3 is 2.24 bits per heavy atom. The smallest absolute Gasteiger partial charge is 0.182 e. The number of aromatic hydroxyl groups is 1. The van der Waals surface area contributed by atoms with Gasteiger partial charge in [0, 0.05) is 5.56 Å². The number of aliphatic hydroxyl groups excluding tert-OH is 1. The summed E-state index contributed by atoms with van der Waals surface area (Å²) in [4.78, 5) is 24.0. The summed E-state index contributed by atoms with van der Waals surface area (Å²) < 4.78 is 10.2. The Morgan fingerprint density at radius 1 is 1.03 bits per heavy atom. The molecule has 0 aliphatic rings. The Morgan fingerprint density at radius 2 is 1.66 bits per heavy atom. The van der Waals surface area contributed by atoms with E-state index in [1.807, 2.05) is 0 Å². The van der Waals surface area contributed by atoms with E-state index < -0.39 is 0 Å². The summed E-state index contributed by atoms with van der Waals surface area (Å²) in [6.45, 7) is -0.314. The average Bonchev–Trinajstić information content (AvgIpc) is 2.72. The SMILES string of the molecule is C#COc1ccc(C=CC(=O)CC(=O)C=Cc2ccc(O)c(CO)c2)cc1OC. The van der Waals surface area contributed by atoms with Gasteiger partial charge in [-0.2, -0.15) is 0 Å². The first-order valence-corrected chi connectivity index (χ1v) is 8.62. The second-order valence-electron chi connectivity index (χ2n) is 5.95. The minimum atomic E-state index is -0.367. The van der Waals surface area contributed by atoms with E-state index in [2.05, 4.69) is 6.11 Å². The number of carbonyl (C=O) groups is 2. The Kier molecular flexibility index (Phi) is 7.78. The lowest BCUT2D eigenvalue weighted by Gasteiger charge is -2.06. The van der Waals surface area contributed by atoms with Crippen LogP contribution in [0.15, 0.2) is 48.6 Å². The summed E-state index contributed by atoms with van der Waals surface area (Å²) in [5, 5.41) is 18.7. The van der Waals surface area contributed by atoms with E-state index in [4.69, 9.17) is 21.0 Å². The molecule has 2 aromatic carbocycles. The molecule has 0 radical (unpaired) electrons. The van der Waals surface area contributed by atoms with Gasteiger partial charge in [0.1, 0.15) is 11.9 Å². The molecule has 0 amide bonds. The van der Waals surface area contributed by atoms with Gasteiger partial charge in [0.2, 0.25) is 0 Å². The molecule has 0 saturated heterocycles. The van der Waals surface area contributed by atoms with Crippen molar-refractivity contribution in [2.75, 3.05) is 7.11 Å². The van der Waals surface area contributed by atoms with Gasteiger partial charge in [0.15, 0.2) is 23.1 Å². The summed E-state index contributed by atoms with van der Waals surface area (Å²) in [6, 6.07) is 9.56. The fourth-order valence-electron chi connectivity index (χ4n) is 2.44. The number of carbonyl (C=O) groups excluding carboxylic acids is 2. The van der Waals surface area contributed by atoms with Gasteiger partial charge < -0.3 is 19.7 Å². The molecule has 2 aromatic rings. The Labute approximate surface area is 168 Å². The summed E-state index contributed by atoms with van der Waals surface area (Å²) in [5.74, 6) is 0.0647. The molecule has 6 heteroatoms. The van der Waals surface area contributed by atoms with Crippen LogP contribution >= 0.6 is 0 Å². The predicted molar refractivity (Wildman–Crippen MR) is 109 cm³/mol. The van der Waals surface area contributed by atoms with Crippen molar-refractivity contribution in [1.29, 1.82) is 0 Å². The van der Waals surface area contributed by atoms with Crippen molar-refractivity contribution in [2.24, 2.45) is 0 Å². The molecule has 0 aliphatic heterocycles. The Hall–Kier alpha value is -3.82. The first-order valence-electron chi connectivity index (χ1n) is 8.62. The highest BCUT2D eigenvalue weighted by Crippen LogP contribution is 2.28. The maximum Gasteiger partial charge on any atom is 0.182 e. The molecule has 0 bridgehead atoms. The third-order valence-electron chi connectivity index (χ3n) is 3.90. The molecule has 0 aliphatic carbocycles. The van der Waals surface area contributed by atoms with Gasteiger partial charge in [-0.1, -0.05) is 30.7 Å². The molecule has 0 heterocycles. The predicted octanol–water partition coefficient (Wildman–Crippen LogP) is 3.12. The maximum atomic E-state index is 12.0. The van der Waals surface area contributed by atoms with Gasteiger partial charge in [-0.25, -0.2) is 0 Å². The average molecular weight is 392 g/mol. The van der Waals surface area contributed by atoms with E-state index in [9.17, 15) is 14.7 Å². The number of methoxy groups -OCH3 is 1. The Bertz CT molecular complexity index is 995. The van der Waals surface area contributed by atoms with Crippen molar-refractivity contribution >= 4 is 23.7 Å². The van der Waals surface area contributed by atoms with Gasteiger partial charge in [-0.05, 0) is 47.5 Å². The van der Waals surface area contributed by atoms with Gasteiger partial charge in [-0.15, -0.1) is 0 Å². The zero-order valence-electron chi connectivity index (χ0n) is 15.8. The van der Waals surface area contributed by atoms with Gasteiger partial charge in [0.25, 0.3) is 0 Å². The summed E-state index contributed by atoms with van der Waals surface area (Å²) in [6.07, 6.45) is 12.6. The number of hydrogen-bond donors (Lipinski definition) is 2. The van der Waals surface area contributed by atoms with Crippen molar-refractivity contribution in [3.8, 4) is 29.8 Å². The number of ether oxygens (including phenoxy) is 2. The van der Waals surface area contributed by atoms with Crippen LogP contribution in [0.3, 0.4) is 0 Å². The lowest BCUT2D eigenvalue weighted by molar-refractivity contribution is -0.121. The highest BCUT2D eigenvalue weighted by Gasteiger charge is 2.07. The molecule has 0 saturated carbocycles. The number of phenols is 1. The second-order valence-corrected chi connectivity index (χ2v) is 5.95. The van der Waals surface area contributed by atoms with Crippen LogP contribution in [0.2, 0.25) is 0 Å². The molecule has 29 heavy (non-hydrogen) atoms. The molecule has 0 spiro atoms. The van der Waals surface area contributed by atoms with Crippen LogP contribution in [-0.2, 0) is 16.2 Å². The van der Waals surface area contributed by atoms with Crippen molar-refractivity contribution in [2.45, 2.75) is 13.0 Å².